The Morgan fingerprint density at radius 3 is 2.71 bits per heavy atom. The minimum absolute atomic E-state index is 0.240. The van der Waals surface area contributed by atoms with Gasteiger partial charge in [0, 0.05) is 26.6 Å². The maximum Gasteiger partial charge on any atom is 0.194 e. The van der Waals surface area contributed by atoms with Crippen LogP contribution < -0.4 is 5.32 Å². The van der Waals surface area contributed by atoms with Crippen LogP contribution >= 0.6 is 0 Å². The highest BCUT2D eigenvalue weighted by Gasteiger charge is 2.16. The van der Waals surface area contributed by atoms with Gasteiger partial charge in [0.05, 0.1) is 31.7 Å². The maximum absolute atomic E-state index is 5.67. The number of nitrogens with zero attached hydrogens (tertiary/aromatic N) is 2. The van der Waals surface area contributed by atoms with Gasteiger partial charge >= 0.3 is 0 Å². The number of furan rings is 2. The van der Waals surface area contributed by atoms with E-state index in [4.69, 9.17) is 18.6 Å². The molecule has 0 saturated carbocycles. The molecule has 6 nitrogen and oxygen atoms in total. The standard InChI is InChI=1S/C18H25N3O3/c1-21(14-17-7-4-12-24-17)18(20-13-16-6-3-11-23-16)19-9-8-15-5-2-10-22-15/h2,4-5,7,10,12,16H,3,6,8-9,11,13-14H2,1H3,(H,19,20). The van der Waals surface area contributed by atoms with E-state index in [-0.39, 0.29) is 6.10 Å². The fourth-order valence-corrected chi connectivity index (χ4v) is 2.75. The topological polar surface area (TPSA) is 63.1 Å². The SMILES string of the molecule is CN(Cc1ccco1)C(=NCC1CCCO1)NCCc1ccco1. The number of hydrogen-bond acceptors (Lipinski definition) is 4. The first-order valence-corrected chi connectivity index (χ1v) is 8.47. The fourth-order valence-electron chi connectivity index (χ4n) is 2.75. The molecule has 2 aromatic rings. The summed E-state index contributed by atoms with van der Waals surface area (Å²) in [5.41, 5.74) is 0. The first kappa shape index (κ1) is 16.6. The zero-order valence-electron chi connectivity index (χ0n) is 14.1. The van der Waals surface area contributed by atoms with Gasteiger partial charge in [-0.25, -0.2) is 0 Å². The zero-order chi connectivity index (χ0) is 16.6. The van der Waals surface area contributed by atoms with Crippen molar-refractivity contribution in [1.82, 2.24) is 10.2 Å². The van der Waals surface area contributed by atoms with Gasteiger partial charge in [-0.05, 0) is 37.1 Å². The summed E-state index contributed by atoms with van der Waals surface area (Å²) >= 11 is 0. The van der Waals surface area contributed by atoms with Gasteiger partial charge < -0.3 is 23.8 Å². The van der Waals surface area contributed by atoms with Gasteiger partial charge in [-0.15, -0.1) is 0 Å². The molecule has 0 spiro atoms. The molecule has 0 amide bonds. The van der Waals surface area contributed by atoms with Crippen molar-refractivity contribution in [1.29, 1.82) is 0 Å². The van der Waals surface area contributed by atoms with E-state index in [0.717, 1.165) is 49.9 Å². The Morgan fingerprint density at radius 1 is 1.25 bits per heavy atom. The lowest BCUT2D eigenvalue weighted by molar-refractivity contribution is 0.117. The van der Waals surface area contributed by atoms with Crippen LogP contribution in [0, 0.1) is 0 Å². The number of hydrogen-bond donors (Lipinski definition) is 1. The predicted octanol–water partition coefficient (Wildman–Crippen LogP) is 2.67. The van der Waals surface area contributed by atoms with E-state index in [0.29, 0.717) is 13.1 Å². The third-order valence-corrected chi connectivity index (χ3v) is 4.04. The van der Waals surface area contributed by atoms with Gasteiger partial charge in [0.2, 0.25) is 0 Å². The van der Waals surface area contributed by atoms with Crippen molar-refractivity contribution in [3.8, 4) is 0 Å². The van der Waals surface area contributed by atoms with Gasteiger partial charge in [0.1, 0.15) is 11.5 Å². The highest BCUT2D eigenvalue weighted by atomic mass is 16.5. The van der Waals surface area contributed by atoms with Gasteiger partial charge in [0.15, 0.2) is 5.96 Å². The number of nitrogens with one attached hydrogen (secondary N) is 1. The number of aliphatic imine (C=N–C) groups is 1. The average Bonchev–Trinajstić information content (AvgIpc) is 3.32. The van der Waals surface area contributed by atoms with Gasteiger partial charge in [-0.3, -0.25) is 4.99 Å². The van der Waals surface area contributed by atoms with Crippen LogP contribution in [-0.4, -0.2) is 43.7 Å². The summed E-state index contributed by atoms with van der Waals surface area (Å²) in [5.74, 6) is 2.73. The lowest BCUT2D eigenvalue weighted by atomic mass is 10.2. The minimum atomic E-state index is 0.240. The highest BCUT2D eigenvalue weighted by Crippen LogP contribution is 2.12. The summed E-state index contributed by atoms with van der Waals surface area (Å²) in [6.45, 7) is 2.97. The van der Waals surface area contributed by atoms with Crippen LogP contribution in [0.2, 0.25) is 0 Å². The first-order chi connectivity index (χ1) is 11.8. The summed E-state index contributed by atoms with van der Waals surface area (Å²) in [4.78, 5) is 6.80. The Kier molecular flexibility index (Phi) is 5.96. The fraction of sp³-hybridized carbons (Fsp3) is 0.500. The largest absolute Gasteiger partial charge is 0.469 e. The zero-order valence-corrected chi connectivity index (χ0v) is 14.1. The number of guanidine groups is 1. The van der Waals surface area contributed by atoms with E-state index in [1.54, 1.807) is 12.5 Å². The monoisotopic (exact) mass is 331 g/mol. The molecular formula is C18H25N3O3. The van der Waals surface area contributed by atoms with Crippen LogP contribution in [0.15, 0.2) is 50.6 Å². The van der Waals surface area contributed by atoms with E-state index < -0.39 is 0 Å². The molecule has 130 valence electrons. The molecular weight excluding hydrogens is 306 g/mol. The summed E-state index contributed by atoms with van der Waals surface area (Å²) in [5, 5.41) is 3.41. The first-order valence-electron chi connectivity index (χ1n) is 8.47. The Hall–Kier alpha value is -2.21. The molecule has 6 heteroatoms. The second-order valence-electron chi connectivity index (χ2n) is 5.99. The second-order valence-corrected chi connectivity index (χ2v) is 5.99. The molecule has 0 bridgehead atoms. The third-order valence-electron chi connectivity index (χ3n) is 4.04. The third kappa shape index (κ3) is 4.89. The van der Waals surface area contributed by atoms with Crippen molar-refractivity contribution in [2.24, 2.45) is 4.99 Å². The molecule has 1 aliphatic rings. The Bertz CT molecular complexity index is 602. The average molecular weight is 331 g/mol. The van der Waals surface area contributed by atoms with Crippen molar-refractivity contribution >= 4 is 5.96 Å². The molecule has 0 aromatic carbocycles. The molecule has 0 aliphatic carbocycles. The summed E-state index contributed by atoms with van der Waals surface area (Å²) in [6, 6.07) is 7.76. The molecule has 24 heavy (non-hydrogen) atoms. The second kappa shape index (κ2) is 8.59. The van der Waals surface area contributed by atoms with Crippen molar-refractivity contribution in [3.63, 3.8) is 0 Å². The molecule has 1 atom stereocenters. The minimum Gasteiger partial charge on any atom is -0.469 e. The molecule has 1 N–H and O–H groups in total. The van der Waals surface area contributed by atoms with Gasteiger partial charge in [-0.1, -0.05) is 0 Å². The van der Waals surface area contributed by atoms with Gasteiger partial charge in [-0.2, -0.15) is 0 Å². The molecule has 3 heterocycles. The molecule has 1 unspecified atom stereocenters. The molecule has 0 radical (unpaired) electrons. The summed E-state index contributed by atoms with van der Waals surface area (Å²) in [7, 11) is 2.01. The molecule has 3 rings (SSSR count). The van der Waals surface area contributed by atoms with Gasteiger partial charge in [0.25, 0.3) is 0 Å². The van der Waals surface area contributed by atoms with E-state index >= 15 is 0 Å². The van der Waals surface area contributed by atoms with E-state index in [1.807, 2.05) is 31.3 Å². The molecule has 1 saturated heterocycles. The lowest BCUT2D eigenvalue weighted by Gasteiger charge is -2.22. The number of ether oxygens (including phenoxy) is 1. The van der Waals surface area contributed by atoms with Crippen LogP contribution in [0.3, 0.4) is 0 Å². The Balaban J connectivity index is 1.56. The normalized spacial score (nSPS) is 18.0. The van der Waals surface area contributed by atoms with Crippen molar-refractivity contribution in [2.75, 3.05) is 26.7 Å². The summed E-state index contributed by atoms with van der Waals surface area (Å²) in [6.07, 6.45) is 6.67. The van der Waals surface area contributed by atoms with Crippen LogP contribution in [-0.2, 0) is 17.7 Å². The predicted molar refractivity (Wildman–Crippen MR) is 91.9 cm³/mol. The van der Waals surface area contributed by atoms with Crippen molar-refractivity contribution < 1.29 is 13.6 Å². The van der Waals surface area contributed by atoms with E-state index in [2.05, 4.69) is 10.2 Å². The molecule has 1 fully saturated rings. The lowest BCUT2D eigenvalue weighted by Crippen LogP contribution is -2.40. The van der Waals surface area contributed by atoms with E-state index in [9.17, 15) is 0 Å². The van der Waals surface area contributed by atoms with Crippen molar-refractivity contribution in [2.45, 2.75) is 31.9 Å². The van der Waals surface area contributed by atoms with Crippen LogP contribution in [0.25, 0.3) is 0 Å². The van der Waals surface area contributed by atoms with E-state index in [1.165, 1.54) is 0 Å². The number of rotatable bonds is 7. The highest BCUT2D eigenvalue weighted by molar-refractivity contribution is 5.79. The van der Waals surface area contributed by atoms with Crippen LogP contribution in [0.5, 0.6) is 0 Å². The van der Waals surface area contributed by atoms with Crippen molar-refractivity contribution in [3.05, 3.63) is 48.3 Å². The Morgan fingerprint density at radius 2 is 2.04 bits per heavy atom. The smallest absolute Gasteiger partial charge is 0.194 e. The quantitative estimate of drug-likeness (QED) is 0.624. The molecule has 2 aromatic heterocycles. The Labute approximate surface area is 142 Å². The van der Waals surface area contributed by atoms with Crippen LogP contribution in [0.1, 0.15) is 24.4 Å². The maximum atomic E-state index is 5.67. The van der Waals surface area contributed by atoms with Crippen LogP contribution in [0.4, 0.5) is 0 Å². The summed E-state index contributed by atoms with van der Waals surface area (Å²) < 4.78 is 16.5. The molecule has 1 aliphatic heterocycles.